The van der Waals surface area contributed by atoms with Crippen LogP contribution in [0.15, 0.2) is 36.4 Å². The summed E-state index contributed by atoms with van der Waals surface area (Å²) in [5.41, 5.74) is 7.12. The first kappa shape index (κ1) is 17.2. The minimum Gasteiger partial charge on any atom is -0.508 e. The summed E-state index contributed by atoms with van der Waals surface area (Å²) in [4.78, 5) is 0. The van der Waals surface area contributed by atoms with Crippen LogP contribution < -0.4 is 25.3 Å². The molecule has 1 atom stereocenters. The number of benzene rings is 2. The van der Waals surface area contributed by atoms with Crippen LogP contribution in [0.1, 0.15) is 12.0 Å². The largest absolute Gasteiger partial charge is 0.508 e. The van der Waals surface area contributed by atoms with E-state index in [1.165, 1.54) is 0 Å². The number of fused-ring (bicyclic) bond motifs is 1. The summed E-state index contributed by atoms with van der Waals surface area (Å²) in [5.74, 6) is 2.32. The molecule has 3 rings (SSSR count). The molecule has 0 spiro atoms. The van der Waals surface area contributed by atoms with Gasteiger partial charge in [0.2, 0.25) is 0 Å². The molecule has 2 aromatic carbocycles. The molecule has 0 radical (unpaired) electrons. The van der Waals surface area contributed by atoms with Gasteiger partial charge in [-0.2, -0.15) is 0 Å². The minimum absolute atomic E-state index is 0.0807. The summed E-state index contributed by atoms with van der Waals surface area (Å²) in [6.45, 7) is 4.42. The molecule has 6 nitrogen and oxygen atoms in total. The third kappa shape index (κ3) is 4.48. The average Bonchev–Trinajstić information content (AvgIpc) is 2.61. The maximum Gasteiger partial charge on any atom is 0.168 e. The molecule has 0 saturated carbocycles. The molecule has 134 valence electrons. The number of nitrogen functional groups attached to an aromatic ring is 1. The summed E-state index contributed by atoms with van der Waals surface area (Å²) in [6.07, 6.45) is 0.793. The van der Waals surface area contributed by atoms with Crippen molar-refractivity contribution in [2.75, 3.05) is 32.0 Å². The topological polar surface area (TPSA) is 86.0 Å². The normalized spacial score (nSPS) is 15.8. The quantitative estimate of drug-likeness (QED) is 0.528. The smallest absolute Gasteiger partial charge is 0.168 e. The van der Waals surface area contributed by atoms with Gasteiger partial charge in [-0.3, -0.25) is 0 Å². The van der Waals surface area contributed by atoms with E-state index in [1.54, 1.807) is 12.1 Å². The number of phenols is 1. The molecule has 1 heterocycles. The number of hydrogen-bond acceptors (Lipinski definition) is 6. The fraction of sp³-hybridized carbons (Fsp3) is 0.368. The number of ether oxygens (including phenoxy) is 3. The number of nitrogens with two attached hydrogens (primary N) is 1. The van der Waals surface area contributed by atoms with Crippen molar-refractivity contribution in [1.29, 1.82) is 0 Å². The fourth-order valence-electron chi connectivity index (χ4n) is 2.66. The van der Waals surface area contributed by atoms with E-state index in [1.807, 2.05) is 31.2 Å². The zero-order valence-corrected chi connectivity index (χ0v) is 14.3. The lowest BCUT2D eigenvalue weighted by atomic mass is 10.1. The molecule has 0 bridgehead atoms. The summed E-state index contributed by atoms with van der Waals surface area (Å²) in [6, 6.07) is 10.8. The molecule has 6 heteroatoms. The molecular formula is C19H24N2O4. The van der Waals surface area contributed by atoms with Crippen LogP contribution in [0.5, 0.6) is 23.0 Å². The lowest BCUT2D eigenvalue weighted by Crippen LogP contribution is -2.39. The lowest BCUT2D eigenvalue weighted by molar-refractivity contribution is 0.0889. The highest BCUT2D eigenvalue weighted by Crippen LogP contribution is 2.39. The molecular weight excluding hydrogens is 320 g/mol. The Bertz CT molecular complexity index is 721. The fourth-order valence-corrected chi connectivity index (χ4v) is 2.66. The Morgan fingerprint density at radius 1 is 1.32 bits per heavy atom. The third-order valence-electron chi connectivity index (χ3n) is 4.05. The van der Waals surface area contributed by atoms with Crippen LogP contribution in [0.25, 0.3) is 0 Å². The second kappa shape index (κ2) is 7.98. The molecule has 0 aromatic heterocycles. The van der Waals surface area contributed by atoms with Gasteiger partial charge in [-0.1, -0.05) is 6.07 Å². The van der Waals surface area contributed by atoms with Gasteiger partial charge in [0.25, 0.3) is 0 Å². The molecule has 25 heavy (non-hydrogen) atoms. The van der Waals surface area contributed by atoms with Gasteiger partial charge in [-0.05, 0) is 44.2 Å². The van der Waals surface area contributed by atoms with Crippen molar-refractivity contribution < 1.29 is 19.3 Å². The Morgan fingerprint density at radius 2 is 2.20 bits per heavy atom. The van der Waals surface area contributed by atoms with Crippen LogP contribution in [-0.2, 0) is 0 Å². The Labute approximate surface area is 147 Å². The molecule has 0 amide bonds. The van der Waals surface area contributed by atoms with E-state index < -0.39 is 0 Å². The van der Waals surface area contributed by atoms with Crippen molar-refractivity contribution in [3.05, 3.63) is 42.0 Å². The Balaban J connectivity index is 1.36. The summed E-state index contributed by atoms with van der Waals surface area (Å²) in [5, 5.41) is 13.1. The van der Waals surface area contributed by atoms with Crippen molar-refractivity contribution in [2.24, 2.45) is 0 Å². The van der Waals surface area contributed by atoms with Gasteiger partial charge >= 0.3 is 0 Å². The predicted molar refractivity (Wildman–Crippen MR) is 96.6 cm³/mol. The van der Waals surface area contributed by atoms with E-state index in [2.05, 4.69) is 5.32 Å². The minimum atomic E-state index is -0.0807. The second-order valence-electron chi connectivity index (χ2n) is 6.07. The number of nitrogens with one attached hydrogen (secondary N) is 1. The number of phenolic OH excluding ortho intramolecular Hbond substituents is 1. The monoisotopic (exact) mass is 344 g/mol. The van der Waals surface area contributed by atoms with Gasteiger partial charge in [0, 0.05) is 23.9 Å². The molecule has 1 unspecified atom stereocenters. The molecule has 4 N–H and O–H groups in total. The zero-order valence-electron chi connectivity index (χ0n) is 14.3. The Hall–Kier alpha value is -2.60. The highest BCUT2D eigenvalue weighted by atomic mass is 16.6. The van der Waals surface area contributed by atoms with Crippen molar-refractivity contribution in [2.45, 2.75) is 19.4 Å². The molecule has 0 aliphatic carbocycles. The highest BCUT2D eigenvalue weighted by molar-refractivity contribution is 5.53. The first-order valence-electron chi connectivity index (χ1n) is 8.44. The molecule has 1 aliphatic rings. The molecule has 0 fully saturated rings. The maximum atomic E-state index is 9.77. The van der Waals surface area contributed by atoms with Gasteiger partial charge in [0.15, 0.2) is 11.5 Å². The van der Waals surface area contributed by atoms with Crippen molar-refractivity contribution in [1.82, 2.24) is 5.32 Å². The number of hydrogen-bond donors (Lipinski definition) is 3. The summed E-state index contributed by atoms with van der Waals surface area (Å²) >= 11 is 0. The van der Waals surface area contributed by atoms with Crippen LogP contribution in [0, 0.1) is 6.92 Å². The highest BCUT2D eigenvalue weighted by Gasteiger charge is 2.23. The molecule has 0 saturated heterocycles. The van der Waals surface area contributed by atoms with E-state index in [4.69, 9.17) is 19.9 Å². The molecule has 2 aromatic rings. The summed E-state index contributed by atoms with van der Waals surface area (Å²) < 4.78 is 17.3. The van der Waals surface area contributed by atoms with Gasteiger partial charge in [0.1, 0.15) is 24.2 Å². The first-order chi connectivity index (χ1) is 12.1. The maximum absolute atomic E-state index is 9.77. The van der Waals surface area contributed by atoms with Crippen LogP contribution in [0.3, 0.4) is 0 Å². The number of rotatable bonds is 7. The number of aromatic hydroxyl groups is 1. The van der Waals surface area contributed by atoms with Crippen LogP contribution in [0.2, 0.25) is 0 Å². The van der Waals surface area contributed by atoms with E-state index in [0.717, 1.165) is 18.7 Å². The standard InChI is InChI=1S/C19H24N2O4/c1-13-17(22)6-7-18-19(13)25-16(12-24-18)11-21-8-3-9-23-15-5-2-4-14(20)10-15/h2,4-7,10,16,21-22H,3,8-9,11-12,20H2,1H3. The van der Waals surface area contributed by atoms with Crippen LogP contribution in [-0.4, -0.2) is 37.5 Å². The second-order valence-corrected chi connectivity index (χ2v) is 6.07. The lowest BCUT2D eigenvalue weighted by Gasteiger charge is -2.28. The zero-order chi connectivity index (χ0) is 17.6. The van der Waals surface area contributed by atoms with Crippen molar-refractivity contribution >= 4 is 5.69 Å². The SMILES string of the molecule is Cc1c(O)ccc2c1OC(CNCCCOc1cccc(N)c1)CO2. The predicted octanol–water partition coefficient (Wildman–Crippen LogP) is 2.48. The van der Waals surface area contributed by atoms with Gasteiger partial charge in [0.05, 0.1) is 6.61 Å². The van der Waals surface area contributed by atoms with E-state index in [-0.39, 0.29) is 11.9 Å². The first-order valence-corrected chi connectivity index (χ1v) is 8.44. The summed E-state index contributed by atoms with van der Waals surface area (Å²) in [7, 11) is 0. The van der Waals surface area contributed by atoms with E-state index >= 15 is 0 Å². The van der Waals surface area contributed by atoms with Gasteiger partial charge < -0.3 is 30.4 Å². The Kier molecular flexibility index (Phi) is 5.50. The van der Waals surface area contributed by atoms with E-state index in [9.17, 15) is 5.11 Å². The van der Waals surface area contributed by atoms with Crippen LogP contribution >= 0.6 is 0 Å². The molecule has 1 aliphatic heterocycles. The Morgan fingerprint density at radius 3 is 3.04 bits per heavy atom. The number of anilines is 1. The van der Waals surface area contributed by atoms with Crippen LogP contribution in [0.4, 0.5) is 5.69 Å². The third-order valence-corrected chi connectivity index (χ3v) is 4.05. The van der Waals surface area contributed by atoms with Crippen molar-refractivity contribution in [3.63, 3.8) is 0 Å². The van der Waals surface area contributed by atoms with E-state index in [0.29, 0.717) is 42.5 Å². The van der Waals surface area contributed by atoms with Gasteiger partial charge in [-0.15, -0.1) is 0 Å². The average molecular weight is 344 g/mol. The van der Waals surface area contributed by atoms with Crippen molar-refractivity contribution in [3.8, 4) is 23.0 Å². The van der Waals surface area contributed by atoms with Gasteiger partial charge in [-0.25, -0.2) is 0 Å².